The molecule has 1 atom stereocenters. The Labute approximate surface area is 159 Å². The topological polar surface area (TPSA) is 32.3 Å². The quantitative estimate of drug-likeness (QED) is 0.702. The van der Waals surface area contributed by atoms with Crippen LogP contribution < -0.4 is 5.32 Å². The summed E-state index contributed by atoms with van der Waals surface area (Å²) in [4.78, 5) is 14.4. The van der Waals surface area contributed by atoms with Crippen molar-refractivity contribution >= 4 is 35.2 Å². The summed E-state index contributed by atoms with van der Waals surface area (Å²) < 4.78 is 0. The van der Waals surface area contributed by atoms with Crippen molar-refractivity contribution in [3.8, 4) is 0 Å². The minimum atomic E-state index is -0.131. The molecule has 0 aliphatic rings. The number of hydrogen-bond donors (Lipinski definition) is 1. The Kier molecular flexibility index (Phi) is 7.51. The fourth-order valence-electron chi connectivity index (χ4n) is 2.37. The fraction of sp³-hybridized carbons (Fsp3) is 0.250. The third kappa shape index (κ3) is 6.91. The highest BCUT2D eigenvalue weighted by molar-refractivity contribution is 6.30. The van der Waals surface area contributed by atoms with E-state index < -0.39 is 0 Å². The summed E-state index contributed by atoms with van der Waals surface area (Å²) in [7, 11) is 4.03. The van der Waals surface area contributed by atoms with Crippen LogP contribution >= 0.6 is 23.2 Å². The summed E-state index contributed by atoms with van der Waals surface area (Å²) in [5.41, 5.74) is 1.97. The zero-order chi connectivity index (χ0) is 18.2. The van der Waals surface area contributed by atoms with E-state index in [1.807, 2.05) is 50.5 Å². The van der Waals surface area contributed by atoms with Gasteiger partial charge in [0.25, 0.3) is 0 Å². The fourth-order valence-corrected chi connectivity index (χ4v) is 2.62. The van der Waals surface area contributed by atoms with E-state index in [-0.39, 0.29) is 11.9 Å². The summed E-state index contributed by atoms with van der Waals surface area (Å²) in [6, 6.07) is 14.9. The average molecular weight is 377 g/mol. The lowest BCUT2D eigenvalue weighted by atomic mass is 10.0. The predicted octanol–water partition coefficient (Wildman–Crippen LogP) is 4.82. The summed E-state index contributed by atoms with van der Waals surface area (Å²) in [6.07, 6.45) is 4.13. The SMILES string of the molecule is CN(C)CCC(NC(=O)/C=C/c1ccc(Cl)cc1)c1ccc(Cl)cc1. The Morgan fingerprint density at radius 2 is 1.60 bits per heavy atom. The molecule has 0 aliphatic carbocycles. The third-order valence-corrected chi connectivity index (χ3v) is 4.25. The molecule has 0 aromatic heterocycles. The third-order valence-electron chi connectivity index (χ3n) is 3.75. The summed E-state index contributed by atoms with van der Waals surface area (Å²) in [6.45, 7) is 0.870. The highest BCUT2D eigenvalue weighted by Gasteiger charge is 2.13. The van der Waals surface area contributed by atoms with Gasteiger partial charge in [-0.3, -0.25) is 4.79 Å². The van der Waals surface area contributed by atoms with Crippen LogP contribution in [0.4, 0.5) is 0 Å². The van der Waals surface area contributed by atoms with Crippen molar-refractivity contribution in [2.75, 3.05) is 20.6 Å². The molecule has 0 saturated carbocycles. The Morgan fingerprint density at radius 1 is 1.04 bits per heavy atom. The highest BCUT2D eigenvalue weighted by Crippen LogP contribution is 2.20. The Balaban J connectivity index is 2.05. The van der Waals surface area contributed by atoms with Crippen LogP contribution in [0.3, 0.4) is 0 Å². The molecule has 2 aromatic carbocycles. The zero-order valence-electron chi connectivity index (χ0n) is 14.4. The maximum atomic E-state index is 12.3. The maximum absolute atomic E-state index is 12.3. The average Bonchev–Trinajstić information content (AvgIpc) is 2.59. The molecule has 1 amide bonds. The summed E-state index contributed by atoms with van der Waals surface area (Å²) in [5.74, 6) is -0.131. The number of rotatable bonds is 7. The van der Waals surface area contributed by atoms with Gasteiger partial charge in [0.15, 0.2) is 0 Å². The maximum Gasteiger partial charge on any atom is 0.244 e. The first-order chi connectivity index (χ1) is 11.9. The molecule has 132 valence electrons. The second kappa shape index (κ2) is 9.62. The molecule has 0 spiro atoms. The van der Waals surface area contributed by atoms with Gasteiger partial charge in [-0.2, -0.15) is 0 Å². The number of nitrogens with one attached hydrogen (secondary N) is 1. The van der Waals surface area contributed by atoms with E-state index in [4.69, 9.17) is 23.2 Å². The van der Waals surface area contributed by atoms with E-state index in [1.165, 1.54) is 0 Å². The van der Waals surface area contributed by atoms with Crippen molar-refractivity contribution in [3.63, 3.8) is 0 Å². The Hall–Kier alpha value is -1.81. The van der Waals surface area contributed by atoms with E-state index >= 15 is 0 Å². The molecular weight excluding hydrogens is 355 g/mol. The van der Waals surface area contributed by atoms with Crippen LogP contribution in [0.1, 0.15) is 23.6 Å². The number of carbonyl (C=O) groups is 1. The standard InChI is InChI=1S/C20H22Cl2N2O/c1-24(2)14-13-19(16-6-10-18(22)11-7-16)23-20(25)12-5-15-3-8-17(21)9-4-15/h3-12,19H,13-14H2,1-2H3,(H,23,25)/b12-5+. The van der Waals surface area contributed by atoms with Gasteiger partial charge in [-0.1, -0.05) is 47.5 Å². The second-order valence-corrected chi connectivity index (χ2v) is 6.96. The Morgan fingerprint density at radius 3 is 2.16 bits per heavy atom. The number of amides is 1. The lowest BCUT2D eigenvalue weighted by Gasteiger charge is -2.20. The van der Waals surface area contributed by atoms with Crippen LogP contribution in [0.5, 0.6) is 0 Å². The smallest absolute Gasteiger partial charge is 0.244 e. The van der Waals surface area contributed by atoms with E-state index in [0.717, 1.165) is 24.1 Å². The predicted molar refractivity (Wildman–Crippen MR) is 106 cm³/mol. The molecule has 1 N–H and O–H groups in total. The number of nitrogens with zero attached hydrogens (tertiary/aromatic N) is 1. The molecule has 0 saturated heterocycles. The zero-order valence-corrected chi connectivity index (χ0v) is 15.9. The van der Waals surface area contributed by atoms with Crippen LogP contribution in [-0.2, 0) is 4.79 Å². The van der Waals surface area contributed by atoms with Gasteiger partial charge in [0.2, 0.25) is 5.91 Å². The van der Waals surface area contributed by atoms with Gasteiger partial charge in [-0.05, 0) is 68.5 Å². The molecule has 0 heterocycles. The van der Waals surface area contributed by atoms with Gasteiger partial charge in [0.05, 0.1) is 6.04 Å². The van der Waals surface area contributed by atoms with Crippen molar-refractivity contribution in [2.24, 2.45) is 0 Å². The lowest BCUT2D eigenvalue weighted by Crippen LogP contribution is -2.29. The number of hydrogen-bond acceptors (Lipinski definition) is 2. The molecule has 5 heteroatoms. The van der Waals surface area contributed by atoms with E-state index in [2.05, 4.69) is 10.2 Å². The van der Waals surface area contributed by atoms with Gasteiger partial charge >= 0.3 is 0 Å². The molecule has 0 fully saturated rings. The first-order valence-electron chi connectivity index (χ1n) is 8.08. The van der Waals surface area contributed by atoms with Gasteiger partial charge in [-0.15, -0.1) is 0 Å². The van der Waals surface area contributed by atoms with Gasteiger partial charge < -0.3 is 10.2 Å². The minimum absolute atomic E-state index is 0.0676. The van der Waals surface area contributed by atoms with Gasteiger partial charge in [0, 0.05) is 16.1 Å². The molecule has 0 aliphatic heterocycles. The van der Waals surface area contributed by atoms with E-state index in [1.54, 1.807) is 24.3 Å². The van der Waals surface area contributed by atoms with Crippen molar-refractivity contribution < 1.29 is 4.79 Å². The van der Waals surface area contributed by atoms with Crippen molar-refractivity contribution in [1.82, 2.24) is 10.2 Å². The molecule has 2 rings (SSSR count). The van der Waals surface area contributed by atoms with Crippen molar-refractivity contribution in [1.29, 1.82) is 0 Å². The van der Waals surface area contributed by atoms with E-state index in [0.29, 0.717) is 10.0 Å². The van der Waals surface area contributed by atoms with Crippen LogP contribution in [0, 0.1) is 0 Å². The molecule has 3 nitrogen and oxygen atoms in total. The number of carbonyl (C=O) groups excluding carboxylic acids is 1. The molecule has 2 aromatic rings. The highest BCUT2D eigenvalue weighted by atomic mass is 35.5. The molecule has 25 heavy (non-hydrogen) atoms. The second-order valence-electron chi connectivity index (χ2n) is 6.09. The van der Waals surface area contributed by atoms with Crippen molar-refractivity contribution in [2.45, 2.75) is 12.5 Å². The van der Waals surface area contributed by atoms with Gasteiger partial charge in [0.1, 0.15) is 0 Å². The Bertz CT molecular complexity index is 709. The van der Waals surface area contributed by atoms with E-state index in [9.17, 15) is 4.79 Å². The normalized spacial score (nSPS) is 12.5. The largest absolute Gasteiger partial charge is 0.346 e. The van der Waals surface area contributed by atoms with Gasteiger partial charge in [-0.25, -0.2) is 0 Å². The summed E-state index contributed by atoms with van der Waals surface area (Å²) >= 11 is 11.8. The minimum Gasteiger partial charge on any atom is -0.346 e. The van der Waals surface area contributed by atoms with Crippen LogP contribution in [0.25, 0.3) is 6.08 Å². The van der Waals surface area contributed by atoms with Crippen LogP contribution in [0.15, 0.2) is 54.6 Å². The number of benzene rings is 2. The lowest BCUT2D eigenvalue weighted by molar-refractivity contribution is -0.117. The first-order valence-corrected chi connectivity index (χ1v) is 8.84. The summed E-state index contributed by atoms with van der Waals surface area (Å²) in [5, 5.41) is 4.43. The number of halogens is 2. The first kappa shape index (κ1) is 19.5. The van der Waals surface area contributed by atoms with Crippen molar-refractivity contribution in [3.05, 3.63) is 75.8 Å². The molecule has 0 bridgehead atoms. The molecule has 1 unspecified atom stereocenters. The molecule has 0 radical (unpaired) electrons. The molecular formula is C20H22Cl2N2O. The monoisotopic (exact) mass is 376 g/mol. The van der Waals surface area contributed by atoms with Crippen LogP contribution in [-0.4, -0.2) is 31.4 Å². The van der Waals surface area contributed by atoms with Crippen LogP contribution in [0.2, 0.25) is 10.0 Å².